The topological polar surface area (TPSA) is 15.3 Å². The van der Waals surface area contributed by atoms with Crippen molar-refractivity contribution in [2.45, 2.75) is 71.8 Å². The first-order valence-corrected chi connectivity index (χ1v) is 8.53. The van der Waals surface area contributed by atoms with E-state index in [4.69, 9.17) is 0 Å². The molecule has 2 atom stereocenters. The van der Waals surface area contributed by atoms with Gasteiger partial charge in [0.1, 0.15) is 0 Å². The normalized spacial score (nSPS) is 30.5. The van der Waals surface area contributed by atoms with E-state index in [1.54, 1.807) is 0 Å². The van der Waals surface area contributed by atoms with E-state index in [2.05, 4.69) is 31.0 Å². The van der Waals surface area contributed by atoms with Crippen LogP contribution in [0.25, 0.3) is 0 Å². The van der Waals surface area contributed by atoms with Gasteiger partial charge in [0.15, 0.2) is 0 Å². The zero-order valence-corrected chi connectivity index (χ0v) is 13.4. The molecule has 0 aromatic heterocycles. The Morgan fingerprint density at radius 2 is 1.63 bits per heavy atom. The summed E-state index contributed by atoms with van der Waals surface area (Å²) in [5, 5.41) is 3.88. The Hall–Kier alpha value is -0.0800. The van der Waals surface area contributed by atoms with Gasteiger partial charge in [-0.05, 0) is 50.1 Å². The van der Waals surface area contributed by atoms with Gasteiger partial charge in [0.05, 0.1) is 0 Å². The van der Waals surface area contributed by atoms with Gasteiger partial charge in [-0.15, -0.1) is 0 Å². The monoisotopic (exact) mass is 266 g/mol. The molecule has 1 saturated carbocycles. The summed E-state index contributed by atoms with van der Waals surface area (Å²) in [7, 11) is 0. The van der Waals surface area contributed by atoms with Gasteiger partial charge < -0.3 is 10.2 Å². The number of piperidine rings is 1. The molecule has 0 spiro atoms. The van der Waals surface area contributed by atoms with Crippen molar-refractivity contribution >= 4 is 0 Å². The number of likely N-dealkylation sites (tertiary alicyclic amines) is 1. The highest BCUT2D eigenvalue weighted by molar-refractivity contribution is 4.88. The number of hydrogen-bond acceptors (Lipinski definition) is 2. The molecule has 1 saturated heterocycles. The number of rotatable bonds is 4. The van der Waals surface area contributed by atoms with Gasteiger partial charge in [-0.1, -0.05) is 40.0 Å². The van der Waals surface area contributed by atoms with E-state index in [0.717, 1.165) is 12.0 Å². The molecule has 112 valence electrons. The fraction of sp³-hybridized carbons (Fsp3) is 1.00. The molecule has 0 aromatic carbocycles. The van der Waals surface area contributed by atoms with Gasteiger partial charge in [-0.3, -0.25) is 0 Å². The minimum atomic E-state index is 0.462. The lowest BCUT2D eigenvalue weighted by Crippen LogP contribution is -2.47. The van der Waals surface area contributed by atoms with E-state index in [1.165, 1.54) is 71.1 Å². The van der Waals surface area contributed by atoms with Gasteiger partial charge in [-0.2, -0.15) is 0 Å². The highest BCUT2D eigenvalue weighted by atomic mass is 15.1. The molecule has 0 aromatic rings. The fourth-order valence-corrected chi connectivity index (χ4v) is 4.00. The summed E-state index contributed by atoms with van der Waals surface area (Å²) in [6.45, 7) is 12.4. The van der Waals surface area contributed by atoms with E-state index < -0.39 is 0 Å². The summed E-state index contributed by atoms with van der Waals surface area (Å²) < 4.78 is 0. The Labute approximate surface area is 120 Å². The van der Waals surface area contributed by atoms with E-state index in [9.17, 15) is 0 Å². The van der Waals surface area contributed by atoms with Crippen LogP contribution in [0.2, 0.25) is 0 Å². The first-order chi connectivity index (χ1) is 9.07. The second-order valence-electron chi connectivity index (χ2n) is 7.72. The van der Waals surface area contributed by atoms with Crippen molar-refractivity contribution in [3.05, 3.63) is 0 Å². The quantitative estimate of drug-likeness (QED) is 0.835. The van der Waals surface area contributed by atoms with E-state index in [-0.39, 0.29) is 0 Å². The summed E-state index contributed by atoms with van der Waals surface area (Å²) in [6.07, 6.45) is 9.94. The summed E-state index contributed by atoms with van der Waals surface area (Å²) >= 11 is 0. The van der Waals surface area contributed by atoms with Crippen LogP contribution in [-0.4, -0.2) is 37.1 Å². The predicted octanol–water partition coefficient (Wildman–Crippen LogP) is 3.67. The lowest BCUT2D eigenvalue weighted by Gasteiger charge is -2.41. The Morgan fingerprint density at radius 3 is 2.32 bits per heavy atom. The van der Waals surface area contributed by atoms with Crippen molar-refractivity contribution in [1.82, 2.24) is 10.2 Å². The molecule has 0 radical (unpaired) electrons. The molecule has 1 heterocycles. The third-order valence-corrected chi connectivity index (χ3v) is 5.16. The molecule has 2 rings (SSSR count). The van der Waals surface area contributed by atoms with Crippen LogP contribution in [0, 0.1) is 11.3 Å². The zero-order valence-electron chi connectivity index (χ0n) is 13.4. The van der Waals surface area contributed by atoms with Crippen LogP contribution < -0.4 is 5.32 Å². The smallest absolute Gasteiger partial charge is 0.0107 e. The maximum atomic E-state index is 3.88. The molecule has 1 aliphatic carbocycles. The minimum Gasteiger partial charge on any atom is -0.312 e. The van der Waals surface area contributed by atoms with Crippen LogP contribution in [-0.2, 0) is 0 Å². The lowest BCUT2D eigenvalue weighted by molar-refractivity contribution is 0.126. The number of nitrogens with zero attached hydrogens (tertiary/aromatic N) is 1. The summed E-state index contributed by atoms with van der Waals surface area (Å²) in [5.74, 6) is 0.864. The average Bonchev–Trinajstić information content (AvgIpc) is 2.39. The fourth-order valence-electron chi connectivity index (χ4n) is 4.00. The molecular weight excluding hydrogens is 232 g/mol. The second kappa shape index (κ2) is 7.08. The lowest BCUT2D eigenvalue weighted by atomic mass is 9.69. The third kappa shape index (κ3) is 4.75. The SMILES string of the molecule is CC(C)(C)C1CCCCC1NCCN1CCCCC1. The molecular formula is C17H34N2. The van der Waals surface area contributed by atoms with Gasteiger partial charge in [-0.25, -0.2) is 0 Å². The number of hydrogen-bond donors (Lipinski definition) is 1. The molecule has 2 fully saturated rings. The minimum absolute atomic E-state index is 0.462. The second-order valence-corrected chi connectivity index (χ2v) is 7.72. The first kappa shape index (κ1) is 15.3. The Balaban J connectivity index is 1.73. The van der Waals surface area contributed by atoms with Crippen molar-refractivity contribution in [2.24, 2.45) is 11.3 Å². The van der Waals surface area contributed by atoms with Crippen LogP contribution in [0.4, 0.5) is 0 Å². The summed E-state index contributed by atoms with van der Waals surface area (Å²) in [6, 6.07) is 0.763. The van der Waals surface area contributed by atoms with Gasteiger partial charge in [0.2, 0.25) is 0 Å². The molecule has 1 N–H and O–H groups in total. The molecule has 1 aliphatic heterocycles. The van der Waals surface area contributed by atoms with Crippen molar-refractivity contribution in [1.29, 1.82) is 0 Å². The van der Waals surface area contributed by atoms with Crippen molar-refractivity contribution < 1.29 is 0 Å². The van der Waals surface area contributed by atoms with Gasteiger partial charge >= 0.3 is 0 Å². The van der Waals surface area contributed by atoms with E-state index >= 15 is 0 Å². The highest BCUT2D eigenvalue weighted by Crippen LogP contribution is 2.37. The molecule has 19 heavy (non-hydrogen) atoms. The third-order valence-electron chi connectivity index (χ3n) is 5.16. The largest absolute Gasteiger partial charge is 0.312 e. The Bertz CT molecular complexity index is 250. The number of nitrogens with one attached hydrogen (secondary N) is 1. The maximum absolute atomic E-state index is 3.88. The van der Waals surface area contributed by atoms with E-state index in [1.807, 2.05) is 0 Å². The molecule has 0 bridgehead atoms. The molecule has 2 unspecified atom stereocenters. The predicted molar refractivity (Wildman–Crippen MR) is 83.5 cm³/mol. The van der Waals surface area contributed by atoms with Gasteiger partial charge in [0.25, 0.3) is 0 Å². The molecule has 2 nitrogen and oxygen atoms in total. The van der Waals surface area contributed by atoms with Crippen molar-refractivity contribution in [3.63, 3.8) is 0 Å². The molecule has 0 amide bonds. The maximum Gasteiger partial charge on any atom is 0.0107 e. The van der Waals surface area contributed by atoms with Gasteiger partial charge in [0, 0.05) is 19.1 Å². The average molecular weight is 266 g/mol. The Morgan fingerprint density at radius 1 is 0.947 bits per heavy atom. The van der Waals surface area contributed by atoms with Crippen LogP contribution in [0.1, 0.15) is 65.7 Å². The van der Waals surface area contributed by atoms with Crippen molar-refractivity contribution in [3.8, 4) is 0 Å². The molecule has 2 aliphatic rings. The first-order valence-electron chi connectivity index (χ1n) is 8.53. The standard InChI is InChI=1S/C17H34N2/c1-17(2,3)15-9-5-6-10-16(15)18-11-14-19-12-7-4-8-13-19/h15-16,18H,4-14H2,1-3H3. The van der Waals surface area contributed by atoms with E-state index in [0.29, 0.717) is 5.41 Å². The zero-order chi connectivity index (χ0) is 13.7. The molecule has 2 heteroatoms. The highest BCUT2D eigenvalue weighted by Gasteiger charge is 2.33. The van der Waals surface area contributed by atoms with Crippen LogP contribution in [0.3, 0.4) is 0 Å². The van der Waals surface area contributed by atoms with Crippen LogP contribution >= 0.6 is 0 Å². The van der Waals surface area contributed by atoms with Crippen molar-refractivity contribution in [2.75, 3.05) is 26.2 Å². The summed E-state index contributed by atoms with van der Waals surface area (Å²) in [4.78, 5) is 2.64. The Kier molecular flexibility index (Phi) is 5.70. The van der Waals surface area contributed by atoms with Crippen LogP contribution in [0.15, 0.2) is 0 Å². The summed E-state index contributed by atoms with van der Waals surface area (Å²) in [5.41, 5.74) is 0.462. The van der Waals surface area contributed by atoms with Crippen LogP contribution in [0.5, 0.6) is 0 Å².